The summed E-state index contributed by atoms with van der Waals surface area (Å²) in [5, 5.41) is 14.8. The molecule has 2 N–H and O–H groups in total. The Kier molecular flexibility index (Phi) is 3.70. The minimum Gasteiger partial charge on any atom is -0.351 e. The zero-order valence-electron chi connectivity index (χ0n) is 9.63. The predicted octanol–water partition coefficient (Wildman–Crippen LogP) is 0.935. The van der Waals surface area contributed by atoms with Gasteiger partial charge < -0.3 is 5.32 Å². The van der Waals surface area contributed by atoms with E-state index in [1.165, 1.54) is 0 Å². The first kappa shape index (κ1) is 12.0. The van der Waals surface area contributed by atoms with Crippen LogP contribution in [0.4, 0.5) is 0 Å². The molecule has 1 amide bonds. The summed E-state index contributed by atoms with van der Waals surface area (Å²) in [7, 11) is 0. The zero-order chi connectivity index (χ0) is 11.5. The Labute approximate surface area is 91.0 Å². The number of amides is 1. The average molecular weight is 209 g/mol. The van der Waals surface area contributed by atoms with Gasteiger partial charge in [0.2, 0.25) is 5.91 Å². The number of nitrogens with one attached hydrogen (secondary N) is 2. The average Bonchev–Trinajstić information content (AvgIpc) is 2.83. The molecule has 0 radical (unpaired) electrons. The van der Waals surface area contributed by atoms with E-state index >= 15 is 0 Å². The summed E-state index contributed by atoms with van der Waals surface area (Å²) < 4.78 is 0. The molecule has 0 bridgehead atoms. The molecule has 1 unspecified atom stereocenters. The second kappa shape index (κ2) is 4.63. The third-order valence-corrected chi connectivity index (χ3v) is 2.07. The number of carbonyl (C=O) groups excluding carboxylic acids is 1. The monoisotopic (exact) mass is 209 g/mol. The summed E-state index contributed by atoms with van der Waals surface area (Å²) in [5.41, 5.74) is -0.226. The van der Waals surface area contributed by atoms with Crippen LogP contribution in [0.1, 0.15) is 40.0 Å². The van der Waals surface area contributed by atoms with Gasteiger partial charge in [0, 0.05) is 11.6 Å². The quantitative estimate of drug-likeness (QED) is 0.724. The molecule has 1 rings (SSSR count). The lowest BCUT2D eigenvalue weighted by Crippen LogP contribution is -2.43. The van der Waals surface area contributed by atoms with Crippen LogP contribution in [0.15, 0.2) is 0 Å². The maximum absolute atomic E-state index is 11.5. The third-order valence-electron chi connectivity index (χ3n) is 2.07. The van der Waals surface area contributed by atoms with Crippen LogP contribution < -0.4 is 10.6 Å². The maximum Gasteiger partial charge on any atom is 0.223 e. The molecule has 1 aliphatic carbocycles. The molecule has 1 aliphatic rings. The summed E-state index contributed by atoms with van der Waals surface area (Å²) in [5.74, 6) is -0.0674. The lowest BCUT2D eigenvalue weighted by molar-refractivity contribution is -0.122. The van der Waals surface area contributed by atoms with Gasteiger partial charge >= 0.3 is 0 Å². The molecule has 0 heterocycles. The van der Waals surface area contributed by atoms with E-state index in [1.54, 1.807) is 0 Å². The molecule has 15 heavy (non-hydrogen) atoms. The highest BCUT2D eigenvalue weighted by atomic mass is 16.1. The van der Waals surface area contributed by atoms with E-state index in [0.29, 0.717) is 6.04 Å². The van der Waals surface area contributed by atoms with Crippen molar-refractivity contribution in [3.8, 4) is 6.07 Å². The van der Waals surface area contributed by atoms with Crippen molar-refractivity contribution in [2.45, 2.75) is 57.7 Å². The van der Waals surface area contributed by atoms with Crippen molar-refractivity contribution in [1.82, 2.24) is 10.6 Å². The smallest absolute Gasteiger partial charge is 0.223 e. The van der Waals surface area contributed by atoms with E-state index in [2.05, 4.69) is 16.7 Å². The van der Waals surface area contributed by atoms with Crippen molar-refractivity contribution in [3.05, 3.63) is 0 Å². The fourth-order valence-electron chi connectivity index (χ4n) is 1.33. The van der Waals surface area contributed by atoms with Crippen LogP contribution in [0.3, 0.4) is 0 Å². The van der Waals surface area contributed by atoms with Gasteiger partial charge in [-0.05, 0) is 33.6 Å². The standard InChI is InChI=1S/C11H19N3O/c1-11(2,3)14-10(15)6-9(7-12)13-8-4-5-8/h8-9,13H,4-6H2,1-3H3,(H,14,15). The molecule has 4 nitrogen and oxygen atoms in total. The zero-order valence-corrected chi connectivity index (χ0v) is 9.63. The van der Waals surface area contributed by atoms with E-state index in [4.69, 9.17) is 5.26 Å². The van der Waals surface area contributed by atoms with Crippen LogP contribution in [0.5, 0.6) is 0 Å². The van der Waals surface area contributed by atoms with Gasteiger partial charge in [-0.1, -0.05) is 0 Å². The fourth-order valence-corrected chi connectivity index (χ4v) is 1.33. The van der Waals surface area contributed by atoms with Gasteiger partial charge in [-0.2, -0.15) is 5.26 Å². The van der Waals surface area contributed by atoms with E-state index in [-0.39, 0.29) is 23.9 Å². The molecule has 84 valence electrons. The number of hydrogen-bond acceptors (Lipinski definition) is 3. The Morgan fingerprint density at radius 1 is 1.53 bits per heavy atom. The fraction of sp³-hybridized carbons (Fsp3) is 0.818. The first-order valence-electron chi connectivity index (χ1n) is 5.37. The molecular formula is C11H19N3O. The molecule has 0 spiro atoms. The van der Waals surface area contributed by atoms with Crippen LogP contribution in [-0.2, 0) is 4.79 Å². The Hall–Kier alpha value is -1.08. The number of nitriles is 1. The molecule has 1 saturated carbocycles. The summed E-state index contributed by atoms with van der Waals surface area (Å²) in [6, 6.07) is 2.23. The second-order valence-corrected chi connectivity index (χ2v) is 5.12. The molecule has 4 heteroatoms. The first-order chi connectivity index (χ1) is 6.90. The van der Waals surface area contributed by atoms with E-state index in [9.17, 15) is 4.79 Å². The topological polar surface area (TPSA) is 64.9 Å². The van der Waals surface area contributed by atoms with Gasteiger partial charge in [0.25, 0.3) is 0 Å². The highest BCUT2D eigenvalue weighted by Crippen LogP contribution is 2.19. The lowest BCUT2D eigenvalue weighted by atomic mass is 10.1. The highest BCUT2D eigenvalue weighted by molar-refractivity contribution is 5.77. The Bertz CT molecular complexity index is 271. The van der Waals surface area contributed by atoms with Crippen LogP contribution >= 0.6 is 0 Å². The van der Waals surface area contributed by atoms with Crippen LogP contribution in [0.25, 0.3) is 0 Å². The summed E-state index contributed by atoms with van der Waals surface area (Å²) in [6.07, 6.45) is 2.49. The van der Waals surface area contributed by atoms with E-state index in [0.717, 1.165) is 12.8 Å². The van der Waals surface area contributed by atoms with Gasteiger partial charge in [-0.15, -0.1) is 0 Å². The highest BCUT2D eigenvalue weighted by Gasteiger charge is 2.26. The van der Waals surface area contributed by atoms with Crippen molar-refractivity contribution >= 4 is 5.91 Å². The third kappa shape index (κ3) is 5.38. The van der Waals surface area contributed by atoms with Crippen molar-refractivity contribution in [3.63, 3.8) is 0 Å². The maximum atomic E-state index is 11.5. The van der Waals surface area contributed by atoms with Gasteiger partial charge in [0.15, 0.2) is 0 Å². The normalized spacial score (nSPS) is 18.0. The minimum atomic E-state index is -0.347. The van der Waals surface area contributed by atoms with Gasteiger partial charge in [0.1, 0.15) is 6.04 Å². The molecule has 0 aromatic carbocycles. The van der Waals surface area contributed by atoms with Crippen molar-refractivity contribution < 1.29 is 4.79 Å². The molecule has 0 aliphatic heterocycles. The molecule has 0 saturated heterocycles. The molecule has 1 fully saturated rings. The first-order valence-corrected chi connectivity index (χ1v) is 5.37. The van der Waals surface area contributed by atoms with Crippen molar-refractivity contribution in [1.29, 1.82) is 5.26 Å². The number of carbonyl (C=O) groups is 1. The Balaban J connectivity index is 2.31. The summed E-state index contributed by atoms with van der Waals surface area (Å²) >= 11 is 0. The molecular weight excluding hydrogens is 190 g/mol. The van der Waals surface area contributed by atoms with Crippen molar-refractivity contribution in [2.24, 2.45) is 0 Å². The summed E-state index contributed by atoms with van der Waals surface area (Å²) in [6.45, 7) is 5.79. The van der Waals surface area contributed by atoms with E-state index < -0.39 is 0 Å². The van der Waals surface area contributed by atoms with Gasteiger partial charge in [0.05, 0.1) is 12.5 Å². The van der Waals surface area contributed by atoms with Crippen LogP contribution in [0, 0.1) is 11.3 Å². The Morgan fingerprint density at radius 2 is 2.13 bits per heavy atom. The number of rotatable bonds is 4. The van der Waals surface area contributed by atoms with Crippen LogP contribution in [-0.4, -0.2) is 23.5 Å². The second-order valence-electron chi connectivity index (χ2n) is 5.12. The van der Waals surface area contributed by atoms with Crippen molar-refractivity contribution in [2.75, 3.05) is 0 Å². The lowest BCUT2D eigenvalue weighted by Gasteiger charge is -2.21. The van der Waals surface area contributed by atoms with E-state index in [1.807, 2.05) is 20.8 Å². The predicted molar refractivity (Wildman–Crippen MR) is 58.1 cm³/mol. The number of hydrogen-bond donors (Lipinski definition) is 2. The number of nitrogens with zero attached hydrogens (tertiary/aromatic N) is 1. The summed E-state index contributed by atoms with van der Waals surface area (Å²) in [4.78, 5) is 11.5. The largest absolute Gasteiger partial charge is 0.351 e. The molecule has 0 aromatic rings. The Morgan fingerprint density at radius 3 is 2.53 bits per heavy atom. The van der Waals surface area contributed by atoms with Gasteiger partial charge in [-0.25, -0.2) is 0 Å². The molecule has 1 atom stereocenters. The minimum absolute atomic E-state index is 0.0674. The SMILES string of the molecule is CC(C)(C)NC(=O)CC(C#N)NC1CC1. The molecule has 0 aromatic heterocycles. The van der Waals surface area contributed by atoms with Crippen LogP contribution in [0.2, 0.25) is 0 Å². The van der Waals surface area contributed by atoms with Gasteiger partial charge in [-0.3, -0.25) is 10.1 Å².